The Morgan fingerprint density at radius 3 is 2.39 bits per heavy atom. The van der Waals surface area contributed by atoms with E-state index in [0.717, 1.165) is 30.1 Å². The third-order valence-corrected chi connectivity index (χ3v) is 3.49. The van der Waals surface area contributed by atoms with Gasteiger partial charge in [-0.3, -0.25) is 4.79 Å². The number of carbonyl (C=O) groups excluding carboxylic acids is 1. The summed E-state index contributed by atoms with van der Waals surface area (Å²) in [6.07, 6.45) is 2.62. The molecule has 2 aromatic rings. The minimum Gasteiger partial charge on any atom is -0.370 e. The third-order valence-electron chi connectivity index (χ3n) is 3.49. The third kappa shape index (κ3) is 13.4. The summed E-state index contributed by atoms with van der Waals surface area (Å²) in [6, 6.07) is 9.16. The molecule has 0 bridgehead atoms. The summed E-state index contributed by atoms with van der Waals surface area (Å²) < 4.78 is 44.5. The molecule has 10 heteroatoms. The number of amides is 1. The second-order valence-corrected chi connectivity index (χ2v) is 5.87. The van der Waals surface area contributed by atoms with Gasteiger partial charge in [-0.1, -0.05) is 19.6 Å². The first-order valence-corrected chi connectivity index (χ1v) is 9.13. The molecule has 0 spiro atoms. The van der Waals surface area contributed by atoms with Gasteiger partial charge in [-0.15, -0.1) is 0 Å². The van der Waals surface area contributed by atoms with Crippen molar-refractivity contribution in [1.29, 1.82) is 5.26 Å². The maximum absolute atomic E-state index is 12.7. The van der Waals surface area contributed by atoms with Crippen LogP contribution >= 0.6 is 0 Å². The van der Waals surface area contributed by atoms with Crippen LogP contribution in [0.5, 0.6) is 0 Å². The van der Waals surface area contributed by atoms with Crippen LogP contribution < -0.4 is 16.4 Å². The fourth-order valence-corrected chi connectivity index (χ4v) is 1.90. The smallest absolute Gasteiger partial charge is 0.229 e. The van der Waals surface area contributed by atoms with Gasteiger partial charge in [-0.05, 0) is 36.2 Å². The van der Waals surface area contributed by atoms with E-state index in [1.54, 1.807) is 12.1 Å². The van der Waals surface area contributed by atoms with Crippen LogP contribution in [0.3, 0.4) is 0 Å². The molecule has 168 valence electrons. The van der Waals surface area contributed by atoms with Crippen molar-refractivity contribution >= 4 is 11.7 Å². The maximum atomic E-state index is 12.7. The standard InChI is InChI=1S/C10H12F2N2O.C10H11N3.CH2F2/c11-8-2-1-7(5-9(8)12)6-14-4-3-10(13)15;1-3-8(2)13-10-5-4-9(6-11)7-12-10;2-1-3/h1-2,5,14H,3-4,6H2,(H2,13,15);4-5,7H,2-3H2,1H3,(H,12,13);1H2. The van der Waals surface area contributed by atoms with E-state index < -0.39 is 24.5 Å². The van der Waals surface area contributed by atoms with Crippen LogP contribution in [0.1, 0.15) is 30.9 Å². The first-order chi connectivity index (χ1) is 14.8. The zero-order chi connectivity index (χ0) is 23.6. The number of alkyl halides is 2. The van der Waals surface area contributed by atoms with E-state index in [-0.39, 0.29) is 6.42 Å². The van der Waals surface area contributed by atoms with Crippen molar-refractivity contribution in [1.82, 2.24) is 10.3 Å². The number of anilines is 1. The monoisotopic (exact) mass is 439 g/mol. The number of nitrogens with one attached hydrogen (secondary N) is 2. The van der Waals surface area contributed by atoms with Gasteiger partial charge in [0.25, 0.3) is 0 Å². The lowest BCUT2D eigenvalue weighted by Gasteiger charge is -2.05. The Bertz CT molecular complexity index is 854. The normalized spacial score (nSPS) is 9.29. The zero-order valence-electron chi connectivity index (χ0n) is 17.1. The van der Waals surface area contributed by atoms with Crippen LogP contribution in [0.2, 0.25) is 0 Å². The van der Waals surface area contributed by atoms with Gasteiger partial charge in [-0.25, -0.2) is 22.5 Å². The van der Waals surface area contributed by atoms with E-state index in [4.69, 9.17) is 11.0 Å². The Kier molecular flexibility index (Phi) is 14.5. The number of benzene rings is 1. The molecule has 0 radical (unpaired) electrons. The highest BCUT2D eigenvalue weighted by Gasteiger charge is 2.02. The molecule has 0 aliphatic heterocycles. The van der Waals surface area contributed by atoms with Gasteiger partial charge in [0.2, 0.25) is 12.8 Å². The van der Waals surface area contributed by atoms with E-state index in [1.165, 1.54) is 12.3 Å². The van der Waals surface area contributed by atoms with E-state index in [9.17, 15) is 22.4 Å². The largest absolute Gasteiger partial charge is 0.370 e. The average Bonchev–Trinajstić information content (AvgIpc) is 2.75. The van der Waals surface area contributed by atoms with Gasteiger partial charge in [0, 0.05) is 31.4 Å². The lowest BCUT2D eigenvalue weighted by molar-refractivity contribution is -0.117. The molecule has 0 saturated heterocycles. The molecular formula is C21H25F4N5O. The lowest BCUT2D eigenvalue weighted by Crippen LogP contribution is -2.21. The minimum absolute atomic E-state index is 0.226. The predicted molar refractivity (Wildman–Crippen MR) is 111 cm³/mol. The molecule has 2 rings (SSSR count). The second-order valence-electron chi connectivity index (χ2n) is 5.87. The number of rotatable bonds is 8. The highest BCUT2D eigenvalue weighted by Crippen LogP contribution is 2.08. The summed E-state index contributed by atoms with van der Waals surface area (Å²) in [4.78, 5) is 14.4. The summed E-state index contributed by atoms with van der Waals surface area (Å²) in [5, 5.41) is 14.4. The van der Waals surface area contributed by atoms with E-state index >= 15 is 0 Å². The molecule has 31 heavy (non-hydrogen) atoms. The van der Waals surface area contributed by atoms with Crippen molar-refractivity contribution in [3.05, 3.63) is 71.6 Å². The van der Waals surface area contributed by atoms with Gasteiger partial charge in [0.1, 0.15) is 11.9 Å². The summed E-state index contributed by atoms with van der Waals surface area (Å²) in [5.74, 6) is -1.40. The van der Waals surface area contributed by atoms with Crippen molar-refractivity contribution in [2.24, 2.45) is 5.73 Å². The molecule has 0 fully saturated rings. The van der Waals surface area contributed by atoms with E-state index in [2.05, 4.69) is 22.2 Å². The quantitative estimate of drug-likeness (QED) is 0.424. The van der Waals surface area contributed by atoms with Crippen LogP contribution in [0.4, 0.5) is 23.4 Å². The van der Waals surface area contributed by atoms with Gasteiger partial charge < -0.3 is 16.4 Å². The number of hydrogen-bond acceptors (Lipinski definition) is 5. The highest BCUT2D eigenvalue weighted by atomic mass is 19.3. The molecule has 1 amide bonds. The molecular weight excluding hydrogens is 414 g/mol. The number of primary amides is 1. The number of hydrogen-bond donors (Lipinski definition) is 3. The Labute approximate surface area is 178 Å². The first kappa shape index (κ1) is 27.5. The lowest BCUT2D eigenvalue weighted by atomic mass is 10.2. The molecule has 4 N–H and O–H groups in total. The van der Waals surface area contributed by atoms with Crippen LogP contribution in [0, 0.1) is 23.0 Å². The van der Waals surface area contributed by atoms with Crippen LogP contribution in [0.25, 0.3) is 0 Å². The molecule has 0 unspecified atom stereocenters. The molecule has 0 atom stereocenters. The Morgan fingerprint density at radius 1 is 1.23 bits per heavy atom. The van der Waals surface area contributed by atoms with Gasteiger partial charge in [0.05, 0.1) is 5.56 Å². The Hall–Kier alpha value is -3.45. The predicted octanol–water partition coefficient (Wildman–Crippen LogP) is 4.10. The van der Waals surface area contributed by atoms with Crippen molar-refractivity contribution in [3.8, 4) is 6.07 Å². The molecule has 6 nitrogen and oxygen atoms in total. The SMILES string of the molecule is C=C(CC)Nc1ccc(C#N)cn1.FCF.NC(=O)CCNCc1ccc(F)c(F)c1. The zero-order valence-corrected chi connectivity index (χ0v) is 17.1. The molecule has 0 aliphatic carbocycles. The first-order valence-electron chi connectivity index (χ1n) is 9.13. The fraction of sp³-hybridized carbons (Fsp3) is 0.286. The topological polar surface area (TPSA) is 104 Å². The van der Waals surface area contributed by atoms with Crippen molar-refractivity contribution < 1.29 is 22.4 Å². The number of halogens is 4. The molecule has 1 aromatic heterocycles. The van der Waals surface area contributed by atoms with Crippen molar-refractivity contribution in [2.75, 3.05) is 18.8 Å². The summed E-state index contributed by atoms with van der Waals surface area (Å²) in [5.41, 5.74) is 7.03. The summed E-state index contributed by atoms with van der Waals surface area (Å²) in [6.45, 7) is 4.86. The fourth-order valence-electron chi connectivity index (χ4n) is 1.90. The summed E-state index contributed by atoms with van der Waals surface area (Å²) >= 11 is 0. The maximum Gasteiger partial charge on any atom is 0.229 e. The Morgan fingerprint density at radius 2 is 1.90 bits per heavy atom. The minimum atomic E-state index is -1.75. The second kappa shape index (κ2) is 16.4. The van der Waals surface area contributed by atoms with Crippen LogP contribution in [-0.2, 0) is 11.3 Å². The molecule has 1 aromatic carbocycles. The summed E-state index contributed by atoms with van der Waals surface area (Å²) in [7, 11) is 0. The highest BCUT2D eigenvalue weighted by molar-refractivity contribution is 5.73. The number of nitrogens with two attached hydrogens (primary N) is 1. The number of pyridine rings is 1. The van der Waals surface area contributed by atoms with Gasteiger partial charge >= 0.3 is 0 Å². The average molecular weight is 439 g/mol. The van der Waals surface area contributed by atoms with Gasteiger partial charge in [0.15, 0.2) is 11.6 Å². The van der Waals surface area contributed by atoms with E-state index in [0.29, 0.717) is 24.2 Å². The van der Waals surface area contributed by atoms with Crippen molar-refractivity contribution in [3.63, 3.8) is 0 Å². The number of aromatic nitrogens is 1. The van der Waals surface area contributed by atoms with Crippen LogP contribution in [-0.4, -0.2) is 24.4 Å². The molecule has 0 saturated carbocycles. The Balaban J connectivity index is 0.000000519. The molecule has 1 heterocycles. The van der Waals surface area contributed by atoms with Crippen LogP contribution in [0.15, 0.2) is 48.8 Å². The number of nitrogens with zero attached hydrogens (tertiary/aromatic N) is 2. The number of nitriles is 1. The molecule has 0 aliphatic rings. The van der Waals surface area contributed by atoms with E-state index in [1.807, 2.05) is 13.0 Å². The number of allylic oxidation sites excluding steroid dienone is 1. The number of carbonyl (C=O) groups is 1. The van der Waals surface area contributed by atoms with Gasteiger partial charge in [-0.2, -0.15) is 5.26 Å². The van der Waals surface area contributed by atoms with Crippen molar-refractivity contribution in [2.45, 2.75) is 26.3 Å².